The lowest BCUT2D eigenvalue weighted by Gasteiger charge is -2.11. The first-order valence-electron chi connectivity index (χ1n) is 7.97. The van der Waals surface area contributed by atoms with E-state index in [1.807, 2.05) is 48.5 Å². The van der Waals surface area contributed by atoms with Crippen molar-refractivity contribution in [3.8, 4) is 11.5 Å². The van der Waals surface area contributed by atoms with Crippen LogP contribution in [0.1, 0.15) is 5.56 Å². The zero-order valence-corrected chi connectivity index (χ0v) is 15.2. The van der Waals surface area contributed by atoms with Gasteiger partial charge < -0.3 is 20.1 Å². The molecule has 0 amide bonds. The minimum Gasteiger partial charge on any atom is -0.493 e. The van der Waals surface area contributed by atoms with Gasteiger partial charge in [0.15, 0.2) is 11.5 Å². The highest BCUT2D eigenvalue weighted by Crippen LogP contribution is 2.28. The van der Waals surface area contributed by atoms with Crippen molar-refractivity contribution in [3.63, 3.8) is 0 Å². The Bertz CT molecular complexity index is 889. The molecule has 3 rings (SSSR count). The Kier molecular flexibility index (Phi) is 5.76. The van der Waals surface area contributed by atoms with Crippen LogP contribution in [0.25, 0.3) is 0 Å². The monoisotopic (exact) mass is 370 g/mol. The molecular weight excluding hydrogens is 352 g/mol. The number of methoxy groups -OCH3 is 2. The lowest BCUT2D eigenvalue weighted by atomic mass is 10.2. The van der Waals surface area contributed by atoms with Gasteiger partial charge in [0, 0.05) is 23.3 Å². The number of hydrogen-bond donors (Lipinski definition) is 2. The third kappa shape index (κ3) is 4.55. The quantitative estimate of drug-likeness (QED) is 0.638. The standard InChI is InChI=1S/C19H19ClN4O2/c1-25-16-7-6-13(8-17(16)26-2)11-21-18-10-19(23-12-22-18)24-15-5-3-4-14(20)9-15/h3-10,12H,11H2,1-2H3,(H2,21,22,23,24). The van der Waals surface area contributed by atoms with Crippen LogP contribution in [-0.2, 0) is 6.54 Å². The van der Waals surface area contributed by atoms with E-state index in [4.69, 9.17) is 21.1 Å². The van der Waals surface area contributed by atoms with Gasteiger partial charge in [-0.2, -0.15) is 0 Å². The molecule has 0 saturated carbocycles. The average molecular weight is 371 g/mol. The number of nitrogens with one attached hydrogen (secondary N) is 2. The molecule has 0 saturated heterocycles. The minimum absolute atomic E-state index is 0.591. The zero-order chi connectivity index (χ0) is 18.4. The third-order valence-electron chi connectivity index (χ3n) is 3.69. The van der Waals surface area contributed by atoms with Crippen molar-refractivity contribution in [2.45, 2.75) is 6.54 Å². The third-order valence-corrected chi connectivity index (χ3v) is 3.92. The van der Waals surface area contributed by atoms with Gasteiger partial charge in [-0.1, -0.05) is 23.7 Å². The van der Waals surface area contributed by atoms with Crippen LogP contribution in [0.2, 0.25) is 5.02 Å². The molecule has 0 aliphatic rings. The van der Waals surface area contributed by atoms with Crippen LogP contribution in [0, 0.1) is 0 Å². The van der Waals surface area contributed by atoms with Gasteiger partial charge in [0.2, 0.25) is 0 Å². The molecule has 0 aliphatic heterocycles. The van der Waals surface area contributed by atoms with Crippen molar-refractivity contribution in [1.29, 1.82) is 0 Å². The van der Waals surface area contributed by atoms with Crippen LogP contribution < -0.4 is 20.1 Å². The van der Waals surface area contributed by atoms with Crippen molar-refractivity contribution >= 4 is 28.9 Å². The number of halogens is 1. The molecule has 0 spiro atoms. The maximum atomic E-state index is 6.00. The highest BCUT2D eigenvalue weighted by atomic mass is 35.5. The molecule has 1 heterocycles. The Morgan fingerprint density at radius 1 is 0.923 bits per heavy atom. The molecule has 0 radical (unpaired) electrons. The van der Waals surface area contributed by atoms with Crippen molar-refractivity contribution in [3.05, 3.63) is 65.4 Å². The summed E-state index contributed by atoms with van der Waals surface area (Å²) < 4.78 is 10.6. The van der Waals surface area contributed by atoms with Crippen LogP contribution in [0.4, 0.5) is 17.3 Å². The summed E-state index contributed by atoms with van der Waals surface area (Å²) in [7, 11) is 3.23. The summed E-state index contributed by atoms with van der Waals surface area (Å²) in [6.45, 7) is 0.591. The predicted octanol–water partition coefficient (Wildman–Crippen LogP) is 4.50. The fraction of sp³-hybridized carbons (Fsp3) is 0.158. The Labute approximate surface area is 157 Å². The van der Waals surface area contributed by atoms with Crippen molar-refractivity contribution in [1.82, 2.24) is 9.97 Å². The van der Waals surface area contributed by atoms with Crippen LogP contribution in [0.5, 0.6) is 11.5 Å². The number of benzene rings is 2. The molecule has 2 N–H and O–H groups in total. The SMILES string of the molecule is COc1ccc(CNc2cc(Nc3cccc(Cl)c3)ncn2)cc1OC. The summed E-state index contributed by atoms with van der Waals surface area (Å²) in [5.41, 5.74) is 1.91. The highest BCUT2D eigenvalue weighted by Gasteiger charge is 2.05. The number of hydrogen-bond acceptors (Lipinski definition) is 6. The van der Waals surface area contributed by atoms with Crippen molar-refractivity contribution in [2.24, 2.45) is 0 Å². The topological polar surface area (TPSA) is 68.3 Å². The highest BCUT2D eigenvalue weighted by molar-refractivity contribution is 6.30. The maximum Gasteiger partial charge on any atom is 0.161 e. The molecule has 7 heteroatoms. The van der Waals surface area contributed by atoms with Gasteiger partial charge >= 0.3 is 0 Å². The molecular formula is C19H19ClN4O2. The van der Waals surface area contributed by atoms with Gasteiger partial charge in [-0.25, -0.2) is 9.97 Å². The summed E-state index contributed by atoms with van der Waals surface area (Å²) in [6.07, 6.45) is 1.50. The van der Waals surface area contributed by atoms with E-state index in [1.165, 1.54) is 6.33 Å². The molecule has 3 aromatic rings. The lowest BCUT2D eigenvalue weighted by molar-refractivity contribution is 0.354. The fourth-order valence-electron chi connectivity index (χ4n) is 2.42. The fourth-order valence-corrected chi connectivity index (χ4v) is 2.61. The molecule has 26 heavy (non-hydrogen) atoms. The first-order chi connectivity index (χ1) is 12.7. The number of aromatic nitrogens is 2. The summed E-state index contributed by atoms with van der Waals surface area (Å²) in [5, 5.41) is 7.14. The number of rotatable bonds is 7. The van der Waals surface area contributed by atoms with E-state index in [-0.39, 0.29) is 0 Å². The van der Waals surface area contributed by atoms with Gasteiger partial charge in [0.1, 0.15) is 18.0 Å². The first-order valence-corrected chi connectivity index (χ1v) is 8.35. The second-order valence-corrected chi connectivity index (χ2v) is 5.90. The zero-order valence-electron chi connectivity index (χ0n) is 14.5. The Hall–Kier alpha value is -2.99. The van der Waals surface area contributed by atoms with E-state index < -0.39 is 0 Å². The molecule has 1 aromatic heterocycles. The van der Waals surface area contributed by atoms with Gasteiger partial charge in [0.25, 0.3) is 0 Å². The number of nitrogens with zero attached hydrogens (tertiary/aromatic N) is 2. The largest absolute Gasteiger partial charge is 0.493 e. The summed E-state index contributed by atoms with van der Waals surface area (Å²) in [5.74, 6) is 2.78. The molecule has 2 aromatic carbocycles. The van der Waals surface area contributed by atoms with E-state index in [1.54, 1.807) is 14.2 Å². The normalized spacial score (nSPS) is 10.3. The van der Waals surface area contributed by atoms with Crippen molar-refractivity contribution < 1.29 is 9.47 Å². The van der Waals surface area contributed by atoms with Crippen LogP contribution in [0.3, 0.4) is 0 Å². The van der Waals surface area contributed by atoms with Gasteiger partial charge in [-0.05, 0) is 35.9 Å². The molecule has 0 fully saturated rings. The molecule has 0 unspecified atom stereocenters. The van der Waals surface area contributed by atoms with Gasteiger partial charge in [-0.15, -0.1) is 0 Å². The van der Waals surface area contributed by atoms with Crippen molar-refractivity contribution in [2.75, 3.05) is 24.9 Å². The van der Waals surface area contributed by atoms with E-state index in [0.717, 1.165) is 11.3 Å². The average Bonchev–Trinajstić information content (AvgIpc) is 2.66. The summed E-state index contributed by atoms with van der Waals surface area (Å²) >= 11 is 6.00. The summed E-state index contributed by atoms with van der Waals surface area (Å²) in [6, 6.07) is 15.1. The van der Waals surface area contributed by atoms with E-state index in [2.05, 4.69) is 20.6 Å². The van der Waals surface area contributed by atoms with Gasteiger partial charge in [-0.3, -0.25) is 0 Å². The predicted molar refractivity (Wildman–Crippen MR) is 104 cm³/mol. The Balaban J connectivity index is 1.67. The molecule has 0 atom stereocenters. The second-order valence-electron chi connectivity index (χ2n) is 5.47. The lowest BCUT2D eigenvalue weighted by Crippen LogP contribution is -2.03. The molecule has 134 valence electrons. The first kappa shape index (κ1) is 17.8. The van der Waals surface area contributed by atoms with E-state index in [9.17, 15) is 0 Å². The van der Waals surface area contributed by atoms with Crippen LogP contribution in [0.15, 0.2) is 54.9 Å². The maximum absolute atomic E-state index is 6.00. The summed E-state index contributed by atoms with van der Waals surface area (Å²) in [4.78, 5) is 8.47. The van der Waals surface area contributed by atoms with E-state index >= 15 is 0 Å². The van der Waals surface area contributed by atoms with Crippen LogP contribution in [-0.4, -0.2) is 24.2 Å². The Morgan fingerprint density at radius 3 is 2.50 bits per heavy atom. The number of anilines is 3. The molecule has 0 bridgehead atoms. The second kappa shape index (κ2) is 8.40. The molecule has 0 aliphatic carbocycles. The Morgan fingerprint density at radius 2 is 1.73 bits per heavy atom. The van der Waals surface area contributed by atoms with Gasteiger partial charge in [0.05, 0.1) is 14.2 Å². The minimum atomic E-state index is 0.591. The number of ether oxygens (including phenoxy) is 2. The molecule has 6 nitrogen and oxygen atoms in total. The smallest absolute Gasteiger partial charge is 0.161 e. The van der Waals surface area contributed by atoms with E-state index in [0.29, 0.717) is 34.7 Å². The van der Waals surface area contributed by atoms with Crippen LogP contribution >= 0.6 is 11.6 Å².